The molecule has 0 radical (unpaired) electrons. The van der Waals surface area contributed by atoms with Crippen molar-refractivity contribution in [1.29, 1.82) is 0 Å². The number of alkyl halides is 1. The van der Waals surface area contributed by atoms with E-state index in [1.807, 2.05) is 148 Å². The molecule has 23 nitrogen and oxygen atoms in total. The molecule has 1 saturated heterocycles. The number of hydrogen-bond donors (Lipinski definition) is 5. The van der Waals surface area contributed by atoms with Gasteiger partial charge in [-0.2, -0.15) is 0 Å². The molecule has 11 rings (SSSR count). The Morgan fingerprint density at radius 2 is 1.06 bits per heavy atom. The molecule has 4 aromatic carbocycles. The Kier molecular flexibility index (Phi) is 28.3. The third-order valence-electron chi connectivity index (χ3n) is 17.9. The summed E-state index contributed by atoms with van der Waals surface area (Å²) in [7, 11) is 14.4. The summed E-state index contributed by atoms with van der Waals surface area (Å²) in [6, 6.07) is 31.9. The first-order valence-electron chi connectivity index (χ1n) is 35.5. The molecule has 4 amide bonds. The Morgan fingerprint density at radius 1 is 0.596 bits per heavy atom. The Hall–Kier alpha value is -10.7. The van der Waals surface area contributed by atoms with Crippen LogP contribution in [0.3, 0.4) is 0 Å². The van der Waals surface area contributed by atoms with E-state index in [9.17, 15) is 53.0 Å². The zero-order valence-electron chi connectivity index (χ0n) is 61.4. The molecule has 550 valence electrons. The smallest absolute Gasteiger partial charge is 0.363 e. The van der Waals surface area contributed by atoms with Gasteiger partial charge in [0, 0.05) is 141 Å². The van der Waals surface area contributed by atoms with Crippen LogP contribution in [0.5, 0.6) is 0 Å². The van der Waals surface area contributed by atoms with Gasteiger partial charge in [-0.25, -0.2) is 23.5 Å². The molecule has 3 aliphatic heterocycles. The van der Waals surface area contributed by atoms with Crippen molar-refractivity contribution in [3.05, 3.63) is 166 Å². The van der Waals surface area contributed by atoms with E-state index in [1.54, 1.807) is 12.1 Å². The van der Waals surface area contributed by atoms with Crippen molar-refractivity contribution in [3.8, 4) is 44.9 Å². The predicted molar refractivity (Wildman–Crippen MR) is 399 cm³/mol. The van der Waals surface area contributed by atoms with E-state index in [2.05, 4.69) is 34.9 Å². The van der Waals surface area contributed by atoms with Gasteiger partial charge in [0.25, 0.3) is 17.7 Å². The molecular weight excluding hydrogens is 1330 g/mol. The number of nitrogens with two attached hydrogens (primary N) is 1. The quantitative estimate of drug-likeness (QED) is 0.0147. The van der Waals surface area contributed by atoms with Crippen LogP contribution in [-0.2, 0) is 33.5 Å². The number of nitrogens with zero attached hydrogens (tertiary/aromatic N) is 5. The van der Waals surface area contributed by atoms with Crippen LogP contribution in [0.25, 0.3) is 66.8 Å². The van der Waals surface area contributed by atoms with Crippen molar-refractivity contribution in [2.45, 2.75) is 102 Å². The number of carbonyl (C=O) groups excluding carboxylic acids is 6. The zero-order chi connectivity index (χ0) is 75.9. The summed E-state index contributed by atoms with van der Waals surface area (Å²) >= 11 is 0. The number of anilines is 2. The van der Waals surface area contributed by atoms with Crippen molar-refractivity contribution < 1.29 is 77.5 Å². The number of nitrogens with one attached hydrogen (secondary N) is 2. The summed E-state index contributed by atoms with van der Waals surface area (Å²) in [6.07, 6.45) is 20.2. The van der Waals surface area contributed by atoms with Crippen LogP contribution in [0.2, 0.25) is 0 Å². The number of rotatable bonds is 21. The number of carbonyl (C=O) groups is 8. The molecule has 2 unspecified atom stereocenters. The zero-order valence-corrected chi connectivity index (χ0v) is 60.4. The number of amides is 4. The fourth-order valence-corrected chi connectivity index (χ4v) is 12.3. The van der Waals surface area contributed by atoms with Crippen LogP contribution < -0.4 is 46.0 Å². The average Bonchev–Trinajstić information content (AvgIpc) is 1.10. The largest absolute Gasteiger partial charge is 0.478 e. The molecule has 2 atom stereocenters. The number of hydroxylamine groups is 2. The number of Topliss-reactive ketones (excluding diaryl/α,β-unsaturated/α-hetero) is 1. The molecule has 4 aliphatic carbocycles. The molecule has 0 bridgehead atoms. The van der Waals surface area contributed by atoms with E-state index in [0.29, 0.717) is 87.9 Å². The van der Waals surface area contributed by atoms with Crippen LogP contribution in [0.15, 0.2) is 142 Å². The van der Waals surface area contributed by atoms with Gasteiger partial charge in [0.2, 0.25) is 16.6 Å². The number of ether oxygens (including phenoxy) is 2. The molecule has 4 aromatic rings. The number of allylic oxidation sites excluding steroid dienone is 4. The molecule has 0 saturated carbocycles. The second-order valence-electron chi connectivity index (χ2n) is 26.2. The number of fused-ring (bicyclic) bond motifs is 4. The monoisotopic (exact) mass is 1430 g/mol. The fraction of sp³-hybridized carbons (Fsp3) is 0.375. The normalized spacial score (nSPS) is 15.8. The van der Waals surface area contributed by atoms with Gasteiger partial charge >= 0.3 is 17.9 Å². The van der Waals surface area contributed by atoms with Gasteiger partial charge in [-0.3, -0.25) is 28.4 Å². The lowest BCUT2D eigenvalue weighted by atomic mass is 9.89. The molecule has 24 heteroatoms. The van der Waals surface area contributed by atoms with Crippen LogP contribution in [0.4, 0.5) is 15.8 Å². The Bertz CT molecular complexity index is 4590. The number of hydrogen-bond acceptors (Lipinski definition) is 16. The van der Waals surface area contributed by atoms with E-state index < -0.39 is 42.8 Å². The molecule has 6 N–H and O–H groups in total. The van der Waals surface area contributed by atoms with Gasteiger partial charge in [-0.1, -0.05) is 36.4 Å². The van der Waals surface area contributed by atoms with Gasteiger partial charge in [-0.05, 0) is 142 Å². The highest BCUT2D eigenvalue weighted by molar-refractivity contribution is 6.11. The topological polar surface area (TPSA) is 297 Å². The maximum absolute atomic E-state index is 13.1. The molecule has 1 fully saturated rings. The Morgan fingerprint density at radius 3 is 1.53 bits per heavy atom. The summed E-state index contributed by atoms with van der Waals surface area (Å²) < 4.78 is 43.6. The fourth-order valence-electron chi connectivity index (χ4n) is 12.3. The highest BCUT2D eigenvalue weighted by Gasteiger charge is 2.34. The van der Waals surface area contributed by atoms with Crippen LogP contribution >= 0.6 is 0 Å². The number of carboxylic acids is 2. The first-order valence-corrected chi connectivity index (χ1v) is 34.8. The maximum atomic E-state index is 13.1. The van der Waals surface area contributed by atoms with Crippen molar-refractivity contribution in [2.75, 3.05) is 106 Å². The van der Waals surface area contributed by atoms with E-state index >= 15 is 0 Å². The minimum Gasteiger partial charge on any atom is -0.478 e. The third-order valence-corrected chi connectivity index (χ3v) is 17.9. The highest BCUT2D eigenvalue weighted by Crippen LogP contribution is 2.44. The van der Waals surface area contributed by atoms with Crippen molar-refractivity contribution in [3.63, 3.8) is 0 Å². The van der Waals surface area contributed by atoms with E-state index in [1.165, 1.54) is 24.3 Å². The van der Waals surface area contributed by atoms with Crippen molar-refractivity contribution in [1.82, 2.24) is 24.8 Å². The van der Waals surface area contributed by atoms with Crippen molar-refractivity contribution >= 4 is 80.6 Å². The minimum absolute atomic E-state index is 0.0110. The first kappa shape index (κ1) is 77.5. The average molecular weight is 1430 g/mol. The highest BCUT2D eigenvalue weighted by atomic mass is 19.1. The van der Waals surface area contributed by atoms with Crippen LogP contribution in [0.1, 0.15) is 133 Å². The third kappa shape index (κ3) is 20.8. The molecule has 3 heterocycles. The molecule has 7 aliphatic rings. The predicted octanol–water partition coefficient (Wildman–Crippen LogP) is 10.8. The minimum atomic E-state index is -1.26. The SMILES string of the molecule is CN(C)c1ccc2c(-c3ccc(C(=O)NCCCC(=O)COC4CC/C=C/CCC4)cc3C(=O)O)c3ccc(=[N+](C)C)cc-3oc2c1.CN(C)c1ccc2c(-c3ccc(C(=O)ON4C(=O)CCC4=O)cc3C(=O)O)c3ccc(=[N+](C)C)cc-3oc2c1.NCCNC(=O)COC1CC/C=C/CCC1.[2H]CF. The lowest BCUT2D eigenvalue weighted by Gasteiger charge is -2.19. The summed E-state index contributed by atoms with van der Waals surface area (Å²) in [4.78, 5) is 107. The molecule has 0 aromatic heterocycles. The first-order chi connectivity index (χ1) is 50.4. The number of imide groups is 1. The number of aromatic carboxylic acids is 2. The van der Waals surface area contributed by atoms with Gasteiger partial charge in [0.15, 0.2) is 5.78 Å². The molecule has 0 spiro atoms. The molecular formula is C80H95FN8O15+2. The lowest BCUT2D eigenvalue weighted by Crippen LogP contribution is -2.33. The number of halogens is 1. The maximum Gasteiger partial charge on any atom is 0.363 e. The summed E-state index contributed by atoms with van der Waals surface area (Å²) in [5.41, 5.74) is 12.0. The van der Waals surface area contributed by atoms with Crippen molar-refractivity contribution in [2.24, 2.45) is 5.73 Å². The van der Waals surface area contributed by atoms with Gasteiger partial charge in [-0.15, -0.1) is 5.06 Å². The lowest BCUT2D eigenvalue weighted by molar-refractivity contribution is -0.172. The number of ketones is 1. The standard InChI is InChI=1S/C38H43N3O6.C29H25N3O7.C12H22N2O2.CH3F/c1-40(2)26-15-18-31-34(22-26)47-35-23-27(41(3)4)16-19-32(35)36(31)30-17-14-25(21-33(30)38(44)45)37(43)39-20-10-11-28(42)24-46-29-12-8-6-5-7-9-13-29;1-30(2)17-6-9-20-23(14-17)38-24-15-18(31(3)4)7-10-21(24)27(20)19-8-5-16(13-22(19)28(35)36)29(37)39-32-25(33)11-12-26(32)34;13-8-9-14-12(15)10-16-11-6-4-2-1-3-5-7-11;1-2/h5-6,14-19,21-23,29H,7-13,20,24H2,1-4H3,(H-,39,43,44,45);5-10,13-15H,11-12H2,1-4H3;1-2,11H,3-10,13H2,(H,14,15);1H3/p+2/b6-5+;;2-1+;/i;;;1D. The summed E-state index contributed by atoms with van der Waals surface area (Å²) in [5.74, 6) is -3.91. The van der Waals surface area contributed by atoms with Crippen LogP contribution in [0, 0.1) is 0 Å². The van der Waals surface area contributed by atoms with Gasteiger partial charge in [0.1, 0.15) is 64.1 Å². The molecule has 104 heavy (non-hydrogen) atoms. The van der Waals surface area contributed by atoms with E-state index in [0.717, 1.165) is 103 Å². The van der Waals surface area contributed by atoms with Gasteiger partial charge in [0.05, 0.1) is 49.6 Å². The second kappa shape index (κ2) is 38.0. The van der Waals surface area contributed by atoms with Gasteiger partial charge < -0.3 is 59.5 Å². The number of carboxylic acid groups (broad SMARTS) is 2. The van der Waals surface area contributed by atoms with E-state index in [-0.39, 0.29) is 72.2 Å². The Labute approximate surface area is 605 Å². The Balaban J connectivity index is 0.000000215. The second-order valence-corrected chi connectivity index (χ2v) is 26.2. The summed E-state index contributed by atoms with van der Waals surface area (Å²) in [5, 5.41) is 29.8. The van der Waals surface area contributed by atoms with E-state index in [4.69, 9.17) is 30.3 Å². The number of benzene rings is 6. The summed E-state index contributed by atoms with van der Waals surface area (Å²) in [6.45, 7) is 1.54. The van der Waals surface area contributed by atoms with Crippen LogP contribution in [-0.4, -0.2) is 171 Å².